The Morgan fingerprint density at radius 3 is 2.67 bits per heavy atom. The van der Waals surface area contributed by atoms with Crippen LogP contribution in [-0.2, 0) is 6.54 Å². The molecule has 6 heteroatoms. The molecule has 3 rings (SSSR count). The number of aromatic nitrogens is 1. The lowest BCUT2D eigenvalue weighted by atomic mass is 9.96. The Balaban J connectivity index is 0.00000208. The Hall–Kier alpha value is -1.15. The maximum atomic E-state index is 4.71. The predicted molar refractivity (Wildman–Crippen MR) is 113 cm³/mol. The molecule has 24 heavy (non-hydrogen) atoms. The first kappa shape index (κ1) is 19.2. The van der Waals surface area contributed by atoms with E-state index in [0.717, 1.165) is 16.7 Å². The van der Waals surface area contributed by atoms with E-state index in [1.165, 1.54) is 37.7 Å². The van der Waals surface area contributed by atoms with Crippen LogP contribution in [0.25, 0.3) is 10.6 Å². The molecule has 0 unspecified atom stereocenters. The second-order valence-electron chi connectivity index (χ2n) is 5.92. The molecule has 0 amide bonds. The Morgan fingerprint density at radius 2 is 1.96 bits per heavy atom. The van der Waals surface area contributed by atoms with Gasteiger partial charge in [0.25, 0.3) is 0 Å². The quantitative estimate of drug-likeness (QED) is 0.407. The molecule has 0 saturated heterocycles. The molecule has 130 valence electrons. The van der Waals surface area contributed by atoms with Crippen LogP contribution in [0.1, 0.15) is 37.8 Å². The molecule has 1 aromatic carbocycles. The average molecular weight is 456 g/mol. The molecule has 2 N–H and O–H groups in total. The summed E-state index contributed by atoms with van der Waals surface area (Å²) in [5.41, 5.74) is 2.23. The highest BCUT2D eigenvalue weighted by Gasteiger charge is 2.14. The molecule has 1 aromatic heterocycles. The topological polar surface area (TPSA) is 49.3 Å². The van der Waals surface area contributed by atoms with Gasteiger partial charge in [-0.25, -0.2) is 4.98 Å². The van der Waals surface area contributed by atoms with Crippen LogP contribution in [0.4, 0.5) is 0 Å². The fraction of sp³-hybridized carbons (Fsp3) is 0.444. The molecule has 2 aromatic rings. The summed E-state index contributed by atoms with van der Waals surface area (Å²) < 4.78 is 0. The first-order chi connectivity index (χ1) is 11.3. The van der Waals surface area contributed by atoms with Gasteiger partial charge in [0.15, 0.2) is 5.96 Å². The fourth-order valence-electron chi connectivity index (χ4n) is 2.91. The molecular formula is C18H25IN4S. The summed E-state index contributed by atoms with van der Waals surface area (Å²) in [7, 11) is 1.83. The van der Waals surface area contributed by atoms with Gasteiger partial charge in [0.05, 0.1) is 12.2 Å². The van der Waals surface area contributed by atoms with Gasteiger partial charge in [-0.2, -0.15) is 0 Å². The minimum atomic E-state index is 0. The van der Waals surface area contributed by atoms with E-state index >= 15 is 0 Å². The normalized spacial score (nSPS) is 15.6. The number of nitrogens with zero attached hydrogens (tertiary/aromatic N) is 2. The third-order valence-electron chi connectivity index (χ3n) is 4.18. The van der Waals surface area contributed by atoms with E-state index in [1.807, 2.05) is 25.2 Å². The summed E-state index contributed by atoms with van der Waals surface area (Å²) in [6, 6.07) is 10.9. The van der Waals surface area contributed by atoms with E-state index in [4.69, 9.17) is 4.98 Å². The second kappa shape index (κ2) is 9.98. The first-order valence-electron chi connectivity index (χ1n) is 8.32. The molecule has 1 saturated carbocycles. The van der Waals surface area contributed by atoms with Gasteiger partial charge in [-0.15, -0.1) is 35.3 Å². The van der Waals surface area contributed by atoms with Crippen molar-refractivity contribution >= 4 is 41.3 Å². The number of aliphatic imine (C=N–C) groups is 1. The van der Waals surface area contributed by atoms with Crippen LogP contribution in [-0.4, -0.2) is 24.0 Å². The third-order valence-corrected chi connectivity index (χ3v) is 5.12. The summed E-state index contributed by atoms with van der Waals surface area (Å²) in [4.78, 5) is 9.04. The molecule has 1 aliphatic rings. The minimum Gasteiger partial charge on any atom is -0.354 e. The van der Waals surface area contributed by atoms with Gasteiger partial charge in [-0.1, -0.05) is 49.6 Å². The Kier molecular flexibility index (Phi) is 7.98. The van der Waals surface area contributed by atoms with Crippen molar-refractivity contribution in [2.24, 2.45) is 4.99 Å². The highest BCUT2D eigenvalue weighted by Crippen LogP contribution is 2.23. The molecule has 1 aliphatic carbocycles. The molecule has 4 nitrogen and oxygen atoms in total. The summed E-state index contributed by atoms with van der Waals surface area (Å²) in [5.74, 6) is 0.881. The molecular weight excluding hydrogens is 431 g/mol. The Morgan fingerprint density at radius 1 is 1.21 bits per heavy atom. The van der Waals surface area contributed by atoms with Crippen LogP contribution < -0.4 is 10.6 Å². The van der Waals surface area contributed by atoms with E-state index in [2.05, 4.69) is 33.1 Å². The van der Waals surface area contributed by atoms with Crippen LogP contribution in [0.3, 0.4) is 0 Å². The maximum absolute atomic E-state index is 4.71. The van der Waals surface area contributed by atoms with E-state index in [9.17, 15) is 0 Å². The van der Waals surface area contributed by atoms with Crippen molar-refractivity contribution in [1.29, 1.82) is 0 Å². The highest BCUT2D eigenvalue weighted by molar-refractivity contribution is 14.0. The second-order valence-corrected chi connectivity index (χ2v) is 6.77. The lowest BCUT2D eigenvalue weighted by Gasteiger charge is -2.24. The van der Waals surface area contributed by atoms with Crippen LogP contribution in [0.5, 0.6) is 0 Å². The third kappa shape index (κ3) is 5.44. The molecule has 0 aliphatic heterocycles. The van der Waals surface area contributed by atoms with E-state index < -0.39 is 0 Å². The molecule has 1 fully saturated rings. The Bertz CT molecular complexity index is 635. The van der Waals surface area contributed by atoms with E-state index in [1.54, 1.807) is 11.3 Å². The number of nitrogens with one attached hydrogen (secondary N) is 2. The van der Waals surface area contributed by atoms with Gasteiger partial charge in [0.2, 0.25) is 0 Å². The lowest BCUT2D eigenvalue weighted by Crippen LogP contribution is -2.43. The number of hydrogen-bond donors (Lipinski definition) is 2. The predicted octanol–water partition coefficient (Wildman–Crippen LogP) is 4.43. The number of thiazole rings is 1. The first-order valence-corrected chi connectivity index (χ1v) is 9.20. The molecule has 0 spiro atoms. The van der Waals surface area contributed by atoms with Crippen molar-refractivity contribution < 1.29 is 0 Å². The van der Waals surface area contributed by atoms with Crippen molar-refractivity contribution in [2.75, 3.05) is 7.05 Å². The van der Waals surface area contributed by atoms with Gasteiger partial charge in [0, 0.05) is 24.0 Å². The van der Waals surface area contributed by atoms with Crippen LogP contribution in [0, 0.1) is 0 Å². The van der Waals surface area contributed by atoms with Crippen molar-refractivity contribution in [3.8, 4) is 10.6 Å². The van der Waals surface area contributed by atoms with Crippen LogP contribution >= 0.6 is 35.3 Å². The van der Waals surface area contributed by atoms with Gasteiger partial charge in [-0.3, -0.25) is 4.99 Å². The average Bonchev–Trinajstić information content (AvgIpc) is 3.09. The number of guanidine groups is 1. The van der Waals surface area contributed by atoms with Crippen molar-refractivity contribution in [3.63, 3.8) is 0 Å². The highest BCUT2D eigenvalue weighted by atomic mass is 127. The van der Waals surface area contributed by atoms with Crippen molar-refractivity contribution in [1.82, 2.24) is 15.6 Å². The maximum Gasteiger partial charge on any atom is 0.191 e. The number of hydrogen-bond acceptors (Lipinski definition) is 3. The largest absolute Gasteiger partial charge is 0.354 e. The zero-order chi connectivity index (χ0) is 15.9. The van der Waals surface area contributed by atoms with Crippen LogP contribution in [0.15, 0.2) is 40.7 Å². The van der Waals surface area contributed by atoms with Gasteiger partial charge in [-0.05, 0) is 12.8 Å². The molecule has 0 atom stereocenters. The smallest absolute Gasteiger partial charge is 0.191 e. The van der Waals surface area contributed by atoms with E-state index in [0.29, 0.717) is 12.6 Å². The van der Waals surface area contributed by atoms with Crippen LogP contribution in [0.2, 0.25) is 0 Å². The monoisotopic (exact) mass is 456 g/mol. The standard InChI is InChI=1S/C18H24N4S.HI/c1-19-18(22-15-10-6-3-7-11-15)20-12-16-13-23-17(21-16)14-8-4-2-5-9-14;/h2,4-5,8-9,13,15H,3,6-7,10-12H2,1H3,(H2,19,20,22);1H. The Labute approximate surface area is 165 Å². The summed E-state index contributed by atoms with van der Waals surface area (Å²) in [6.07, 6.45) is 6.50. The van der Waals surface area contributed by atoms with Crippen molar-refractivity contribution in [2.45, 2.75) is 44.7 Å². The van der Waals surface area contributed by atoms with E-state index in [-0.39, 0.29) is 24.0 Å². The van der Waals surface area contributed by atoms with Crippen molar-refractivity contribution in [3.05, 3.63) is 41.4 Å². The zero-order valence-electron chi connectivity index (χ0n) is 14.0. The SMILES string of the molecule is CN=C(NCc1csc(-c2ccccc2)n1)NC1CCCCC1.I. The molecule has 0 radical (unpaired) electrons. The number of halogens is 1. The number of benzene rings is 1. The minimum absolute atomic E-state index is 0. The fourth-order valence-corrected chi connectivity index (χ4v) is 3.74. The zero-order valence-corrected chi connectivity index (χ0v) is 17.1. The summed E-state index contributed by atoms with van der Waals surface area (Å²) in [6.45, 7) is 0.704. The molecule has 0 bridgehead atoms. The summed E-state index contributed by atoms with van der Waals surface area (Å²) >= 11 is 1.69. The van der Waals surface area contributed by atoms with Gasteiger partial charge >= 0.3 is 0 Å². The van der Waals surface area contributed by atoms with Gasteiger partial charge < -0.3 is 10.6 Å². The molecule has 1 heterocycles. The lowest BCUT2D eigenvalue weighted by molar-refractivity contribution is 0.410. The van der Waals surface area contributed by atoms with Gasteiger partial charge in [0.1, 0.15) is 5.01 Å². The summed E-state index contributed by atoms with van der Waals surface area (Å²) in [5, 5.41) is 10.1. The number of rotatable bonds is 4.